The van der Waals surface area contributed by atoms with Crippen LogP contribution in [0, 0.1) is 0 Å². The molecule has 6 nitrogen and oxygen atoms in total. The van der Waals surface area contributed by atoms with Gasteiger partial charge < -0.3 is 4.74 Å². The van der Waals surface area contributed by atoms with E-state index in [0.717, 1.165) is 23.4 Å². The van der Waals surface area contributed by atoms with E-state index in [0.29, 0.717) is 10.2 Å². The van der Waals surface area contributed by atoms with E-state index in [-0.39, 0.29) is 4.91 Å². The van der Waals surface area contributed by atoms with E-state index in [4.69, 9.17) is 11.6 Å². The van der Waals surface area contributed by atoms with Crippen LogP contribution in [0.4, 0.5) is 0 Å². The molecule has 1 fully saturated rings. The number of rotatable bonds is 3. The van der Waals surface area contributed by atoms with Gasteiger partial charge in [-0.15, -0.1) is 5.10 Å². The number of thioether (sulfide) groups is 1. The number of methoxy groups -OCH3 is 1. The number of hydrogen-bond donors (Lipinski definition) is 1. The van der Waals surface area contributed by atoms with Crippen molar-refractivity contribution >= 4 is 46.6 Å². The lowest BCUT2D eigenvalue weighted by molar-refractivity contribution is -0.135. The van der Waals surface area contributed by atoms with E-state index in [1.54, 1.807) is 24.3 Å². The highest BCUT2D eigenvalue weighted by Crippen LogP contribution is 2.23. The molecule has 0 bridgehead atoms. The molecular formula is C13H10ClN3O3S. The molecule has 0 saturated carbocycles. The van der Waals surface area contributed by atoms with Crippen molar-refractivity contribution in [3.05, 3.63) is 45.8 Å². The van der Waals surface area contributed by atoms with Crippen LogP contribution < -0.4 is 5.32 Å². The van der Waals surface area contributed by atoms with Crippen molar-refractivity contribution in [3.63, 3.8) is 0 Å². The summed E-state index contributed by atoms with van der Waals surface area (Å²) in [6.45, 7) is 0. The molecule has 0 radical (unpaired) electrons. The van der Waals surface area contributed by atoms with Crippen LogP contribution >= 0.6 is 23.4 Å². The summed E-state index contributed by atoms with van der Waals surface area (Å²) in [4.78, 5) is 22.8. The quantitative estimate of drug-likeness (QED) is 0.399. The highest BCUT2D eigenvalue weighted by molar-refractivity contribution is 8.18. The summed E-state index contributed by atoms with van der Waals surface area (Å²) >= 11 is 6.78. The maximum absolute atomic E-state index is 11.6. The molecule has 1 aromatic rings. The van der Waals surface area contributed by atoms with E-state index in [2.05, 4.69) is 20.3 Å². The first-order chi connectivity index (χ1) is 10.1. The van der Waals surface area contributed by atoms with E-state index in [1.807, 2.05) is 0 Å². The van der Waals surface area contributed by atoms with Crippen molar-refractivity contribution in [1.82, 2.24) is 5.32 Å². The summed E-state index contributed by atoms with van der Waals surface area (Å²) in [5.74, 6) is -1.01. The van der Waals surface area contributed by atoms with Crippen molar-refractivity contribution in [2.45, 2.75) is 0 Å². The van der Waals surface area contributed by atoms with Crippen LogP contribution in [-0.2, 0) is 14.3 Å². The number of carbonyl (C=O) groups excluding carboxylic acids is 2. The molecule has 2 rings (SSSR count). The smallest absolute Gasteiger partial charge is 0.331 e. The number of benzene rings is 1. The van der Waals surface area contributed by atoms with Gasteiger partial charge >= 0.3 is 5.97 Å². The molecule has 1 saturated heterocycles. The Morgan fingerprint density at radius 2 is 2.10 bits per heavy atom. The molecule has 21 heavy (non-hydrogen) atoms. The first-order valence-electron chi connectivity index (χ1n) is 5.74. The number of amidine groups is 1. The van der Waals surface area contributed by atoms with Crippen LogP contribution in [0.5, 0.6) is 0 Å². The largest absolute Gasteiger partial charge is 0.466 e. The second-order valence-electron chi connectivity index (χ2n) is 3.79. The summed E-state index contributed by atoms with van der Waals surface area (Å²) in [5.41, 5.74) is 0.823. The van der Waals surface area contributed by atoms with Crippen molar-refractivity contribution < 1.29 is 14.3 Å². The van der Waals surface area contributed by atoms with E-state index < -0.39 is 11.9 Å². The molecule has 1 amide bonds. The Labute approximate surface area is 129 Å². The van der Waals surface area contributed by atoms with Gasteiger partial charge in [-0.25, -0.2) is 4.79 Å². The van der Waals surface area contributed by atoms with Crippen molar-refractivity contribution in [3.8, 4) is 0 Å². The van der Waals surface area contributed by atoms with Gasteiger partial charge in [-0.05, 0) is 29.5 Å². The third-order valence-corrected chi connectivity index (χ3v) is 3.48. The minimum Gasteiger partial charge on any atom is -0.466 e. The van der Waals surface area contributed by atoms with Crippen LogP contribution in [-0.4, -0.2) is 30.4 Å². The Morgan fingerprint density at radius 1 is 1.38 bits per heavy atom. The zero-order chi connectivity index (χ0) is 15.2. The Kier molecular flexibility index (Phi) is 5.13. The molecular weight excluding hydrogens is 314 g/mol. The summed E-state index contributed by atoms with van der Waals surface area (Å²) in [7, 11) is 1.24. The average molecular weight is 324 g/mol. The zero-order valence-corrected chi connectivity index (χ0v) is 12.4. The van der Waals surface area contributed by atoms with Gasteiger partial charge in [0, 0.05) is 11.1 Å². The van der Waals surface area contributed by atoms with Gasteiger partial charge in [0.15, 0.2) is 5.17 Å². The number of ether oxygens (including phenoxy) is 1. The third kappa shape index (κ3) is 4.44. The van der Waals surface area contributed by atoms with Gasteiger partial charge in [-0.2, -0.15) is 5.10 Å². The van der Waals surface area contributed by atoms with Gasteiger partial charge in [0.25, 0.3) is 5.91 Å². The lowest BCUT2D eigenvalue weighted by Crippen LogP contribution is -2.19. The van der Waals surface area contributed by atoms with Gasteiger partial charge in [-0.1, -0.05) is 23.7 Å². The molecule has 1 N–H and O–H groups in total. The van der Waals surface area contributed by atoms with Gasteiger partial charge in [0.2, 0.25) is 0 Å². The number of amides is 1. The normalized spacial score (nSPS) is 18.5. The first kappa shape index (κ1) is 15.3. The van der Waals surface area contributed by atoms with E-state index >= 15 is 0 Å². The Balaban J connectivity index is 2.03. The van der Waals surface area contributed by atoms with Crippen LogP contribution in [0.15, 0.2) is 45.4 Å². The van der Waals surface area contributed by atoms with Crippen molar-refractivity contribution in [2.24, 2.45) is 10.2 Å². The summed E-state index contributed by atoms with van der Waals surface area (Å²) in [6.07, 6.45) is 2.63. The molecule has 0 atom stereocenters. The summed E-state index contributed by atoms with van der Waals surface area (Å²) < 4.78 is 4.46. The molecule has 1 aromatic carbocycles. The fourth-order valence-corrected chi connectivity index (χ4v) is 2.20. The summed E-state index contributed by atoms with van der Waals surface area (Å²) in [5, 5.41) is 11.1. The molecule has 8 heteroatoms. The fraction of sp³-hybridized carbons (Fsp3) is 0.0769. The number of carbonyl (C=O) groups is 2. The van der Waals surface area contributed by atoms with Crippen LogP contribution in [0.2, 0.25) is 5.02 Å². The maximum atomic E-state index is 11.6. The molecule has 0 unspecified atom stereocenters. The minimum absolute atomic E-state index is 0.210. The zero-order valence-electron chi connectivity index (χ0n) is 10.9. The van der Waals surface area contributed by atoms with Gasteiger partial charge in [0.1, 0.15) is 0 Å². The standard InChI is InChI=1S/C13H10ClN3O3S/c1-20-11(18)6-10-12(19)16-13(21-10)17-15-7-8-2-4-9(14)5-3-8/h2-7H,1H3,(H,16,17,19)/b10-6+,15-7+. The predicted octanol–water partition coefficient (Wildman–Crippen LogP) is 1.95. The first-order valence-corrected chi connectivity index (χ1v) is 6.93. The second kappa shape index (κ2) is 7.05. The number of nitrogens with zero attached hydrogens (tertiary/aromatic N) is 2. The molecule has 0 aliphatic carbocycles. The molecule has 108 valence electrons. The van der Waals surface area contributed by atoms with Crippen molar-refractivity contribution in [2.75, 3.05) is 7.11 Å². The summed E-state index contributed by atoms with van der Waals surface area (Å²) in [6, 6.07) is 7.04. The average Bonchev–Trinajstić information content (AvgIpc) is 2.81. The van der Waals surface area contributed by atoms with E-state index in [9.17, 15) is 9.59 Å². The maximum Gasteiger partial charge on any atom is 0.331 e. The highest BCUT2D eigenvalue weighted by Gasteiger charge is 2.24. The monoisotopic (exact) mass is 323 g/mol. The molecule has 1 aliphatic rings. The van der Waals surface area contributed by atoms with Crippen molar-refractivity contribution in [1.29, 1.82) is 0 Å². The van der Waals surface area contributed by atoms with E-state index in [1.165, 1.54) is 13.3 Å². The third-order valence-electron chi connectivity index (χ3n) is 2.33. The Morgan fingerprint density at radius 3 is 2.76 bits per heavy atom. The fourth-order valence-electron chi connectivity index (χ4n) is 1.34. The SMILES string of the molecule is COC(=O)/C=C1/S/C(=N/N=C/c2ccc(Cl)cc2)NC1=O. The Hall–Kier alpha value is -2.12. The molecule has 0 spiro atoms. The molecule has 1 aliphatic heterocycles. The lowest BCUT2D eigenvalue weighted by Gasteiger charge is -1.92. The van der Waals surface area contributed by atoms with Crippen LogP contribution in [0.1, 0.15) is 5.56 Å². The molecule has 0 aromatic heterocycles. The second-order valence-corrected chi connectivity index (χ2v) is 5.26. The number of hydrogen-bond acceptors (Lipinski definition) is 6. The molecule has 1 heterocycles. The Bertz CT molecular complexity index is 653. The number of halogens is 1. The lowest BCUT2D eigenvalue weighted by atomic mass is 10.2. The predicted molar refractivity (Wildman–Crippen MR) is 82.3 cm³/mol. The van der Waals surface area contributed by atoms with Crippen LogP contribution in [0.3, 0.4) is 0 Å². The number of esters is 1. The van der Waals surface area contributed by atoms with Gasteiger partial charge in [-0.3, -0.25) is 10.1 Å². The van der Waals surface area contributed by atoms with Gasteiger partial charge in [0.05, 0.1) is 18.2 Å². The van der Waals surface area contributed by atoms with Crippen LogP contribution in [0.25, 0.3) is 0 Å². The minimum atomic E-state index is -0.599. The highest BCUT2D eigenvalue weighted by atomic mass is 35.5. The number of nitrogens with one attached hydrogen (secondary N) is 1. The topological polar surface area (TPSA) is 80.1 Å².